The molecular formula is C13H22N4S. The van der Waals surface area contributed by atoms with Gasteiger partial charge in [0, 0.05) is 17.0 Å². The zero-order valence-corrected chi connectivity index (χ0v) is 11.8. The van der Waals surface area contributed by atoms with Gasteiger partial charge in [-0.1, -0.05) is 26.2 Å². The van der Waals surface area contributed by atoms with Crippen molar-refractivity contribution >= 4 is 17.6 Å². The molecule has 18 heavy (non-hydrogen) atoms. The predicted molar refractivity (Wildman–Crippen MR) is 77.4 cm³/mol. The van der Waals surface area contributed by atoms with E-state index in [0.29, 0.717) is 0 Å². The molecule has 0 unspecified atom stereocenters. The second-order valence-electron chi connectivity index (χ2n) is 4.77. The van der Waals surface area contributed by atoms with E-state index in [1.54, 1.807) is 0 Å². The fraction of sp³-hybridized carbons (Fsp3) is 0.692. The Labute approximate surface area is 113 Å². The SMILES string of the molecule is CCCc1cc(NN)nc(CSC2CCCC2)n1. The van der Waals surface area contributed by atoms with E-state index in [9.17, 15) is 0 Å². The number of nitrogens with two attached hydrogens (primary N) is 1. The van der Waals surface area contributed by atoms with Gasteiger partial charge in [-0.2, -0.15) is 11.8 Å². The molecule has 4 nitrogen and oxygen atoms in total. The summed E-state index contributed by atoms with van der Waals surface area (Å²) < 4.78 is 0. The second-order valence-corrected chi connectivity index (χ2v) is 6.06. The third-order valence-corrected chi connectivity index (χ3v) is 4.60. The highest BCUT2D eigenvalue weighted by Gasteiger charge is 2.16. The van der Waals surface area contributed by atoms with E-state index < -0.39 is 0 Å². The zero-order chi connectivity index (χ0) is 12.8. The van der Waals surface area contributed by atoms with Crippen LogP contribution in [0.4, 0.5) is 5.82 Å². The zero-order valence-electron chi connectivity index (χ0n) is 11.0. The van der Waals surface area contributed by atoms with Crippen LogP contribution in [0.15, 0.2) is 6.07 Å². The molecule has 0 aliphatic heterocycles. The number of nitrogens with one attached hydrogen (secondary N) is 1. The fourth-order valence-electron chi connectivity index (χ4n) is 2.32. The van der Waals surface area contributed by atoms with Crippen molar-refractivity contribution in [2.45, 2.75) is 56.5 Å². The summed E-state index contributed by atoms with van der Waals surface area (Å²) >= 11 is 1.99. The molecule has 1 aromatic rings. The number of hydrogen-bond acceptors (Lipinski definition) is 5. The van der Waals surface area contributed by atoms with Crippen molar-refractivity contribution in [1.82, 2.24) is 9.97 Å². The van der Waals surface area contributed by atoms with Crippen LogP contribution in [0.1, 0.15) is 50.5 Å². The molecule has 1 heterocycles. The molecule has 0 aromatic carbocycles. The number of rotatable bonds is 6. The predicted octanol–water partition coefficient (Wildman–Crippen LogP) is 2.89. The van der Waals surface area contributed by atoms with Crippen LogP contribution >= 0.6 is 11.8 Å². The van der Waals surface area contributed by atoms with Crippen LogP contribution in [0.25, 0.3) is 0 Å². The first-order valence-corrected chi connectivity index (χ1v) is 7.81. The Kier molecular flexibility index (Phi) is 5.26. The van der Waals surface area contributed by atoms with Crippen molar-refractivity contribution in [3.63, 3.8) is 0 Å². The van der Waals surface area contributed by atoms with Crippen molar-refractivity contribution in [1.29, 1.82) is 0 Å². The van der Waals surface area contributed by atoms with Gasteiger partial charge in [-0.3, -0.25) is 0 Å². The highest BCUT2D eigenvalue weighted by molar-refractivity contribution is 7.99. The molecule has 0 radical (unpaired) electrons. The van der Waals surface area contributed by atoms with Crippen molar-refractivity contribution in [2.75, 3.05) is 5.43 Å². The Morgan fingerprint density at radius 3 is 2.83 bits per heavy atom. The monoisotopic (exact) mass is 266 g/mol. The van der Waals surface area contributed by atoms with Gasteiger partial charge in [0.25, 0.3) is 0 Å². The highest BCUT2D eigenvalue weighted by Crippen LogP contribution is 2.31. The number of nitrogen functional groups attached to an aromatic ring is 1. The van der Waals surface area contributed by atoms with E-state index in [2.05, 4.69) is 22.3 Å². The molecule has 0 atom stereocenters. The van der Waals surface area contributed by atoms with E-state index in [0.717, 1.165) is 41.2 Å². The lowest BCUT2D eigenvalue weighted by molar-refractivity contribution is 0.850. The van der Waals surface area contributed by atoms with Crippen LogP contribution in [-0.2, 0) is 12.2 Å². The van der Waals surface area contributed by atoms with Crippen LogP contribution in [0.3, 0.4) is 0 Å². The summed E-state index contributed by atoms with van der Waals surface area (Å²) in [5, 5.41) is 0.803. The second kappa shape index (κ2) is 6.95. The van der Waals surface area contributed by atoms with Crippen LogP contribution < -0.4 is 11.3 Å². The first-order chi connectivity index (χ1) is 8.81. The molecule has 100 valence electrons. The smallest absolute Gasteiger partial charge is 0.143 e. The third-order valence-electron chi connectivity index (χ3n) is 3.23. The molecule has 2 rings (SSSR count). The quantitative estimate of drug-likeness (QED) is 0.612. The van der Waals surface area contributed by atoms with E-state index >= 15 is 0 Å². The van der Waals surface area contributed by atoms with E-state index in [-0.39, 0.29) is 0 Å². The van der Waals surface area contributed by atoms with Crippen molar-refractivity contribution in [3.8, 4) is 0 Å². The Balaban J connectivity index is 1.98. The number of aromatic nitrogens is 2. The van der Waals surface area contributed by atoms with Gasteiger partial charge >= 0.3 is 0 Å². The lowest BCUT2D eigenvalue weighted by Crippen LogP contribution is -2.11. The summed E-state index contributed by atoms with van der Waals surface area (Å²) in [6.45, 7) is 2.16. The number of hydrogen-bond donors (Lipinski definition) is 2. The van der Waals surface area contributed by atoms with Gasteiger partial charge in [0.2, 0.25) is 0 Å². The minimum absolute atomic E-state index is 0.732. The summed E-state index contributed by atoms with van der Waals surface area (Å²) in [5.41, 5.74) is 3.72. The number of nitrogens with zero attached hydrogens (tertiary/aromatic N) is 2. The van der Waals surface area contributed by atoms with Gasteiger partial charge in [-0.25, -0.2) is 15.8 Å². The first-order valence-electron chi connectivity index (χ1n) is 6.77. The van der Waals surface area contributed by atoms with Crippen molar-refractivity contribution in [3.05, 3.63) is 17.6 Å². The summed E-state index contributed by atoms with van der Waals surface area (Å²) in [5.74, 6) is 7.99. The minimum atomic E-state index is 0.732. The maximum atomic E-state index is 5.45. The Morgan fingerprint density at radius 1 is 1.39 bits per heavy atom. The maximum absolute atomic E-state index is 5.45. The van der Waals surface area contributed by atoms with E-state index in [1.165, 1.54) is 25.7 Å². The van der Waals surface area contributed by atoms with Crippen molar-refractivity contribution in [2.24, 2.45) is 5.84 Å². The van der Waals surface area contributed by atoms with Crippen LogP contribution in [-0.4, -0.2) is 15.2 Å². The molecule has 0 bridgehead atoms. The molecule has 1 saturated carbocycles. The van der Waals surface area contributed by atoms with E-state index in [1.807, 2.05) is 17.8 Å². The van der Waals surface area contributed by atoms with Crippen molar-refractivity contribution < 1.29 is 0 Å². The molecule has 1 fully saturated rings. The van der Waals surface area contributed by atoms with Gasteiger partial charge in [0.05, 0.1) is 5.75 Å². The molecule has 0 spiro atoms. The largest absolute Gasteiger partial charge is 0.308 e. The van der Waals surface area contributed by atoms with Crippen LogP contribution in [0.2, 0.25) is 0 Å². The summed E-state index contributed by atoms with van der Waals surface area (Å²) in [6, 6.07) is 1.94. The first kappa shape index (κ1) is 13.6. The molecule has 3 N–H and O–H groups in total. The topological polar surface area (TPSA) is 63.8 Å². The van der Waals surface area contributed by atoms with Gasteiger partial charge in [0.1, 0.15) is 11.6 Å². The number of thioether (sulfide) groups is 1. The standard InChI is InChI=1S/C13H22N4S/c1-2-5-10-8-12(17-14)16-13(15-10)9-18-11-6-3-4-7-11/h8,11H,2-7,9,14H2,1H3,(H,15,16,17). The lowest BCUT2D eigenvalue weighted by Gasteiger charge is -2.10. The van der Waals surface area contributed by atoms with Gasteiger partial charge < -0.3 is 5.43 Å². The molecule has 0 amide bonds. The van der Waals surface area contributed by atoms with Gasteiger partial charge in [-0.15, -0.1) is 0 Å². The van der Waals surface area contributed by atoms with Crippen LogP contribution in [0, 0.1) is 0 Å². The molecule has 0 saturated heterocycles. The molecular weight excluding hydrogens is 244 g/mol. The molecule has 1 aromatic heterocycles. The Bertz CT molecular complexity index is 377. The highest BCUT2D eigenvalue weighted by atomic mass is 32.2. The maximum Gasteiger partial charge on any atom is 0.143 e. The summed E-state index contributed by atoms with van der Waals surface area (Å²) in [4.78, 5) is 9.03. The molecule has 1 aliphatic rings. The Morgan fingerprint density at radius 2 is 2.17 bits per heavy atom. The molecule has 5 heteroatoms. The summed E-state index contributed by atoms with van der Waals surface area (Å²) in [7, 11) is 0. The lowest BCUT2D eigenvalue weighted by atomic mass is 10.2. The molecule has 1 aliphatic carbocycles. The van der Waals surface area contributed by atoms with Gasteiger partial charge in [0.15, 0.2) is 0 Å². The average Bonchev–Trinajstić information content (AvgIpc) is 2.89. The van der Waals surface area contributed by atoms with E-state index in [4.69, 9.17) is 5.84 Å². The normalized spacial score (nSPS) is 16.1. The average molecular weight is 266 g/mol. The minimum Gasteiger partial charge on any atom is -0.308 e. The number of anilines is 1. The number of aryl methyl sites for hydroxylation is 1. The number of hydrazine groups is 1. The fourth-order valence-corrected chi connectivity index (χ4v) is 3.50. The summed E-state index contributed by atoms with van der Waals surface area (Å²) in [6.07, 6.45) is 7.53. The van der Waals surface area contributed by atoms with Crippen LogP contribution in [0.5, 0.6) is 0 Å². The van der Waals surface area contributed by atoms with Gasteiger partial charge in [-0.05, 0) is 19.3 Å². The Hall–Kier alpha value is -0.810. The third kappa shape index (κ3) is 3.85.